The molecule has 6 nitrogen and oxygen atoms in total. The Balaban J connectivity index is 1.52. The van der Waals surface area contributed by atoms with Gasteiger partial charge in [-0.25, -0.2) is 4.39 Å². The van der Waals surface area contributed by atoms with Crippen molar-refractivity contribution < 1.29 is 18.4 Å². The first-order valence-corrected chi connectivity index (χ1v) is 8.44. The van der Waals surface area contributed by atoms with E-state index in [1.807, 2.05) is 0 Å². The summed E-state index contributed by atoms with van der Waals surface area (Å²) >= 11 is 0. The van der Waals surface area contributed by atoms with Crippen LogP contribution in [0.5, 0.6) is 5.75 Å². The predicted molar refractivity (Wildman–Crippen MR) is 88.9 cm³/mol. The molecule has 7 heteroatoms. The number of ether oxygens (including phenoxy) is 1. The molecule has 0 radical (unpaired) electrons. The Morgan fingerprint density at radius 2 is 2.24 bits per heavy atom. The maximum atomic E-state index is 14.2. The highest BCUT2D eigenvalue weighted by Gasteiger charge is 2.42. The van der Waals surface area contributed by atoms with Gasteiger partial charge in [-0.05, 0) is 37.9 Å². The topological polar surface area (TPSA) is 67.6 Å². The van der Waals surface area contributed by atoms with E-state index in [2.05, 4.69) is 15.4 Å². The molecule has 4 rings (SSSR count). The number of benzene rings is 1. The number of aromatic nitrogens is 1. The monoisotopic (exact) mass is 345 g/mol. The third-order valence-corrected chi connectivity index (χ3v) is 5.13. The van der Waals surface area contributed by atoms with Crippen molar-refractivity contribution in [1.29, 1.82) is 0 Å². The second kappa shape index (κ2) is 6.15. The van der Waals surface area contributed by atoms with Gasteiger partial charge >= 0.3 is 0 Å². The van der Waals surface area contributed by atoms with Gasteiger partial charge in [0.2, 0.25) is 0 Å². The number of carbonyl (C=O) groups is 1. The predicted octanol–water partition coefficient (Wildman–Crippen LogP) is 2.46. The van der Waals surface area contributed by atoms with Crippen LogP contribution in [0.25, 0.3) is 11.3 Å². The van der Waals surface area contributed by atoms with Crippen LogP contribution in [-0.2, 0) is 0 Å². The van der Waals surface area contributed by atoms with E-state index in [1.54, 1.807) is 12.1 Å². The summed E-state index contributed by atoms with van der Waals surface area (Å²) in [5, 5.41) is 6.94. The molecule has 2 fully saturated rings. The number of halogens is 1. The zero-order valence-electron chi connectivity index (χ0n) is 14.0. The molecule has 1 amide bonds. The number of nitrogens with one attached hydrogen (secondary N) is 1. The van der Waals surface area contributed by atoms with Gasteiger partial charge in [0.25, 0.3) is 5.91 Å². The zero-order valence-corrected chi connectivity index (χ0v) is 14.0. The van der Waals surface area contributed by atoms with Gasteiger partial charge in [-0.1, -0.05) is 5.16 Å². The summed E-state index contributed by atoms with van der Waals surface area (Å²) in [6.07, 6.45) is 3.02. The first-order chi connectivity index (χ1) is 12.1. The largest absolute Gasteiger partial charge is 0.497 e. The Kier molecular flexibility index (Phi) is 3.95. The normalized spacial score (nSPS) is 25.0. The molecule has 2 saturated heterocycles. The molecule has 2 aromatic rings. The van der Waals surface area contributed by atoms with E-state index < -0.39 is 5.82 Å². The summed E-state index contributed by atoms with van der Waals surface area (Å²) in [5.74, 6) is -0.118. The maximum absolute atomic E-state index is 14.2. The fraction of sp³-hybridized carbons (Fsp3) is 0.444. The summed E-state index contributed by atoms with van der Waals surface area (Å²) in [6, 6.07) is 5.93. The molecular weight excluding hydrogens is 325 g/mol. The number of hydrogen-bond donors (Lipinski definition) is 1. The van der Waals surface area contributed by atoms with Crippen LogP contribution in [-0.4, -0.2) is 48.2 Å². The maximum Gasteiger partial charge on any atom is 0.273 e. The van der Waals surface area contributed by atoms with Crippen LogP contribution < -0.4 is 10.1 Å². The van der Waals surface area contributed by atoms with Crippen LogP contribution >= 0.6 is 0 Å². The lowest BCUT2D eigenvalue weighted by molar-refractivity contribution is 0.0868. The summed E-state index contributed by atoms with van der Waals surface area (Å²) in [5.41, 5.74) is 0.249. The van der Waals surface area contributed by atoms with Crippen molar-refractivity contribution in [2.45, 2.75) is 24.8 Å². The molecule has 25 heavy (non-hydrogen) atoms. The summed E-state index contributed by atoms with van der Waals surface area (Å²) in [4.78, 5) is 14.9. The fourth-order valence-electron chi connectivity index (χ4n) is 3.80. The van der Waals surface area contributed by atoms with Crippen LogP contribution in [0, 0.1) is 5.82 Å². The minimum Gasteiger partial charge on any atom is -0.497 e. The van der Waals surface area contributed by atoms with E-state index in [0.717, 1.165) is 38.9 Å². The second-order valence-corrected chi connectivity index (χ2v) is 6.79. The van der Waals surface area contributed by atoms with Crippen molar-refractivity contribution >= 4 is 5.91 Å². The number of piperidine rings is 1. The average molecular weight is 345 g/mol. The number of fused-ring (bicyclic) bond motifs is 2. The van der Waals surface area contributed by atoms with Crippen LogP contribution in [0.3, 0.4) is 0 Å². The summed E-state index contributed by atoms with van der Waals surface area (Å²) in [6.45, 7) is 3.00. The molecule has 2 aliphatic rings. The molecule has 2 unspecified atom stereocenters. The van der Waals surface area contributed by atoms with E-state index in [9.17, 15) is 9.18 Å². The minimum atomic E-state index is -0.486. The molecule has 0 spiro atoms. The molecule has 1 aromatic heterocycles. The van der Waals surface area contributed by atoms with Crippen LogP contribution in [0.1, 0.15) is 29.8 Å². The standard InChI is InChI=1S/C18H20FN3O3/c1-24-12-3-4-13(14(19)9-12)16-10-15(21-25-16)17(23)20-18-5-2-7-22(11-18)8-6-18/h3-4,9-10H,2,5-8,11H2,1H3,(H,20,23). The Bertz CT molecular complexity index is 803. The third-order valence-electron chi connectivity index (χ3n) is 5.13. The van der Waals surface area contributed by atoms with Gasteiger partial charge in [0, 0.05) is 25.2 Å². The third kappa shape index (κ3) is 3.00. The average Bonchev–Trinajstić information content (AvgIpc) is 3.20. The molecule has 132 valence electrons. The number of hydrogen-bond acceptors (Lipinski definition) is 5. The highest BCUT2D eigenvalue weighted by Crippen LogP contribution is 2.32. The highest BCUT2D eigenvalue weighted by molar-refractivity contribution is 5.93. The van der Waals surface area contributed by atoms with Crippen molar-refractivity contribution in [2.24, 2.45) is 0 Å². The SMILES string of the molecule is COc1ccc(-c2cc(C(=O)NC34CCCN(CC3)C4)no2)c(F)c1. The number of rotatable bonds is 4. The minimum absolute atomic E-state index is 0.167. The number of amides is 1. The second-order valence-electron chi connectivity index (χ2n) is 6.79. The molecule has 0 aliphatic carbocycles. The molecule has 2 aliphatic heterocycles. The molecule has 3 heterocycles. The van der Waals surface area contributed by atoms with Gasteiger partial charge in [-0.2, -0.15) is 0 Å². The zero-order chi connectivity index (χ0) is 17.4. The van der Waals surface area contributed by atoms with Gasteiger partial charge in [0.05, 0.1) is 18.2 Å². The smallest absolute Gasteiger partial charge is 0.273 e. The van der Waals surface area contributed by atoms with Gasteiger partial charge in [-0.15, -0.1) is 0 Å². The Labute approximate surface area is 144 Å². The highest BCUT2D eigenvalue weighted by atomic mass is 19.1. The quantitative estimate of drug-likeness (QED) is 0.922. The number of nitrogens with zero attached hydrogens (tertiary/aromatic N) is 2. The Hall–Kier alpha value is -2.41. The Morgan fingerprint density at radius 3 is 3.04 bits per heavy atom. The molecule has 0 saturated carbocycles. The van der Waals surface area contributed by atoms with E-state index in [1.165, 1.54) is 19.2 Å². The van der Waals surface area contributed by atoms with Gasteiger partial charge in [0.1, 0.15) is 11.6 Å². The molecule has 1 N–H and O–H groups in total. The van der Waals surface area contributed by atoms with Crippen molar-refractivity contribution in [3.63, 3.8) is 0 Å². The van der Waals surface area contributed by atoms with Gasteiger partial charge in [-0.3, -0.25) is 4.79 Å². The van der Waals surface area contributed by atoms with Crippen molar-refractivity contribution in [3.8, 4) is 17.1 Å². The lowest BCUT2D eigenvalue weighted by Gasteiger charge is -2.34. The lowest BCUT2D eigenvalue weighted by atomic mass is 9.90. The Morgan fingerprint density at radius 1 is 1.36 bits per heavy atom. The van der Waals surface area contributed by atoms with Gasteiger partial charge < -0.3 is 19.5 Å². The van der Waals surface area contributed by atoms with Crippen LogP contribution in [0.2, 0.25) is 0 Å². The molecular formula is C18H20FN3O3. The van der Waals surface area contributed by atoms with Crippen molar-refractivity contribution in [1.82, 2.24) is 15.4 Å². The first-order valence-electron chi connectivity index (χ1n) is 8.44. The summed E-state index contributed by atoms with van der Waals surface area (Å²) < 4.78 is 24.3. The number of methoxy groups -OCH3 is 1. The van der Waals surface area contributed by atoms with Crippen molar-refractivity contribution in [3.05, 3.63) is 35.8 Å². The van der Waals surface area contributed by atoms with Gasteiger partial charge in [0.15, 0.2) is 11.5 Å². The van der Waals surface area contributed by atoms with E-state index >= 15 is 0 Å². The van der Waals surface area contributed by atoms with E-state index in [4.69, 9.17) is 9.26 Å². The van der Waals surface area contributed by atoms with Crippen molar-refractivity contribution in [2.75, 3.05) is 26.7 Å². The fourth-order valence-corrected chi connectivity index (χ4v) is 3.80. The van der Waals surface area contributed by atoms with E-state index in [-0.39, 0.29) is 28.5 Å². The summed E-state index contributed by atoms with van der Waals surface area (Å²) in [7, 11) is 1.47. The van der Waals surface area contributed by atoms with Crippen LogP contribution in [0.4, 0.5) is 4.39 Å². The van der Waals surface area contributed by atoms with E-state index in [0.29, 0.717) is 5.75 Å². The lowest BCUT2D eigenvalue weighted by Crippen LogP contribution is -2.52. The van der Waals surface area contributed by atoms with Crippen LogP contribution in [0.15, 0.2) is 28.8 Å². The first kappa shape index (κ1) is 16.1. The number of carbonyl (C=O) groups excluding carboxylic acids is 1. The molecule has 2 atom stereocenters. The molecule has 2 bridgehead atoms. The molecule has 1 aromatic carbocycles.